The number of aromatic carboxylic acids is 1. The van der Waals surface area contributed by atoms with Crippen molar-refractivity contribution in [2.24, 2.45) is 5.41 Å². The molecule has 30 heavy (non-hydrogen) atoms. The molecule has 3 rings (SSSR count). The Kier molecular flexibility index (Phi) is 6.24. The number of pyridine rings is 1. The lowest BCUT2D eigenvalue weighted by Crippen LogP contribution is -2.46. The monoisotopic (exact) mass is 419 g/mol. The Hall–Kier alpha value is -2.76. The van der Waals surface area contributed by atoms with Crippen molar-refractivity contribution in [1.82, 2.24) is 4.98 Å². The van der Waals surface area contributed by atoms with E-state index in [0.29, 0.717) is 5.56 Å². The van der Waals surface area contributed by atoms with Crippen LogP contribution in [0.4, 0.5) is 0 Å². The predicted molar refractivity (Wildman–Crippen MR) is 123 cm³/mol. The zero-order chi connectivity index (χ0) is 21.9. The molecule has 0 aliphatic heterocycles. The molecule has 4 nitrogen and oxygen atoms in total. The third-order valence-corrected chi connectivity index (χ3v) is 6.12. The maximum atomic E-state index is 12.0. The molecule has 5 heteroatoms. The molecule has 0 fully saturated rings. The highest BCUT2D eigenvalue weighted by molar-refractivity contribution is 6.48. The summed E-state index contributed by atoms with van der Waals surface area (Å²) in [4.78, 5) is 16.2. The van der Waals surface area contributed by atoms with E-state index < -0.39 is 20.6 Å². The summed E-state index contributed by atoms with van der Waals surface area (Å²) in [5.74, 6) is -0.940. The maximum absolute atomic E-state index is 12.0. The number of hydrogen-bond donors (Lipinski definition) is 1. The lowest BCUT2D eigenvalue weighted by Gasteiger charge is -2.47. The number of carbonyl (C=O) groups is 1. The molecule has 156 valence electrons. The maximum Gasteiger partial charge on any atom is 0.336 e. The first kappa shape index (κ1) is 21.9. The van der Waals surface area contributed by atoms with Gasteiger partial charge >= 0.3 is 5.97 Å². The Morgan fingerprint density at radius 1 is 0.933 bits per heavy atom. The zero-order valence-corrected chi connectivity index (χ0v) is 19.4. The molecule has 1 atom stereocenters. The fourth-order valence-corrected chi connectivity index (χ4v) is 5.42. The Labute approximate surface area is 180 Å². The van der Waals surface area contributed by atoms with Gasteiger partial charge in [-0.2, -0.15) is 0 Å². The summed E-state index contributed by atoms with van der Waals surface area (Å²) >= 11 is 0. The lowest BCUT2D eigenvalue weighted by molar-refractivity contribution is -0.00238. The minimum Gasteiger partial charge on any atom is -0.478 e. The average molecular weight is 420 g/mol. The molecule has 1 unspecified atom stereocenters. The van der Waals surface area contributed by atoms with Crippen LogP contribution >= 0.6 is 0 Å². The largest absolute Gasteiger partial charge is 0.478 e. The molecular formula is C25H29NO3Si. The molecule has 0 aliphatic carbocycles. The summed E-state index contributed by atoms with van der Waals surface area (Å²) in [5.41, 5.74) is 2.80. The Morgan fingerprint density at radius 2 is 1.57 bits per heavy atom. The van der Waals surface area contributed by atoms with Crippen LogP contribution in [0, 0.1) is 5.41 Å². The fourth-order valence-electron chi connectivity index (χ4n) is 4.09. The van der Waals surface area contributed by atoms with Crippen molar-refractivity contribution in [3.8, 4) is 11.1 Å². The molecule has 0 spiro atoms. The number of hydrogen-bond acceptors (Lipinski definition) is 3. The molecule has 0 saturated carbocycles. The number of aromatic nitrogens is 1. The molecule has 0 amide bonds. The van der Waals surface area contributed by atoms with Gasteiger partial charge in [0, 0.05) is 12.4 Å². The minimum atomic E-state index is -1.49. The Balaban J connectivity index is 2.36. The summed E-state index contributed by atoms with van der Waals surface area (Å²) in [6, 6.07) is 19.2. The average Bonchev–Trinajstić information content (AvgIpc) is 2.71. The third kappa shape index (κ3) is 4.09. The second-order valence-electron chi connectivity index (χ2n) is 8.77. The van der Waals surface area contributed by atoms with Gasteiger partial charge in [-0.3, -0.25) is 4.98 Å². The normalized spacial score (nSPS) is 13.8. The first-order valence-corrected chi connectivity index (χ1v) is 13.0. The lowest BCUT2D eigenvalue weighted by atomic mass is 9.68. The summed E-state index contributed by atoms with van der Waals surface area (Å²) in [5, 5.41) is 9.81. The smallest absolute Gasteiger partial charge is 0.336 e. The van der Waals surface area contributed by atoms with Gasteiger partial charge in [0.15, 0.2) is 9.04 Å². The van der Waals surface area contributed by atoms with Gasteiger partial charge in [0.25, 0.3) is 0 Å². The van der Waals surface area contributed by atoms with Crippen LogP contribution in [0.15, 0.2) is 73.1 Å². The summed E-state index contributed by atoms with van der Waals surface area (Å²) in [6.45, 7) is 10.8. The fraction of sp³-hybridized carbons (Fsp3) is 0.280. The standard InChI is InChI=1S/C25H29NO3Si/c1-24(2,3)25(29-30(4)5,19-13-15-26-16-14-19)20-11-12-21(23(27)28)22(17-20)18-9-7-6-8-10-18/h6-17,30H,1-5H3,(H,27,28). The highest BCUT2D eigenvalue weighted by Crippen LogP contribution is 2.49. The van der Waals surface area contributed by atoms with Crippen molar-refractivity contribution in [3.63, 3.8) is 0 Å². The predicted octanol–water partition coefficient (Wildman–Crippen LogP) is 5.74. The Bertz CT molecular complexity index is 1010. The van der Waals surface area contributed by atoms with Gasteiger partial charge in [0.05, 0.1) is 5.56 Å². The van der Waals surface area contributed by atoms with Crippen molar-refractivity contribution in [2.75, 3.05) is 0 Å². The molecule has 0 radical (unpaired) electrons. The summed E-state index contributed by atoms with van der Waals surface area (Å²) < 4.78 is 6.83. The number of carboxylic acid groups (broad SMARTS) is 1. The second kappa shape index (κ2) is 8.54. The van der Waals surface area contributed by atoms with E-state index in [1.807, 2.05) is 54.6 Å². The van der Waals surface area contributed by atoms with Gasteiger partial charge in [0.2, 0.25) is 0 Å². The molecule has 2 aromatic carbocycles. The van der Waals surface area contributed by atoms with E-state index in [0.717, 1.165) is 16.7 Å². The molecule has 1 heterocycles. The quantitative estimate of drug-likeness (QED) is 0.518. The highest BCUT2D eigenvalue weighted by Gasteiger charge is 2.47. The van der Waals surface area contributed by atoms with Crippen molar-refractivity contribution >= 4 is 15.0 Å². The van der Waals surface area contributed by atoms with Crippen LogP contribution < -0.4 is 0 Å². The van der Waals surface area contributed by atoms with Gasteiger partial charge in [-0.05, 0) is 65.0 Å². The van der Waals surface area contributed by atoms with E-state index in [1.165, 1.54) is 0 Å². The molecule has 1 aromatic heterocycles. The minimum absolute atomic E-state index is 0.282. The number of benzene rings is 2. The van der Waals surface area contributed by atoms with E-state index in [4.69, 9.17) is 4.43 Å². The zero-order valence-electron chi connectivity index (χ0n) is 18.2. The molecule has 0 bridgehead atoms. The van der Waals surface area contributed by atoms with Crippen LogP contribution in [0.2, 0.25) is 13.1 Å². The first-order valence-electron chi connectivity index (χ1n) is 10.2. The molecular weight excluding hydrogens is 390 g/mol. The van der Waals surface area contributed by atoms with E-state index in [2.05, 4.69) is 38.8 Å². The van der Waals surface area contributed by atoms with Crippen LogP contribution in [-0.4, -0.2) is 25.1 Å². The van der Waals surface area contributed by atoms with Crippen molar-refractivity contribution in [3.05, 3.63) is 89.7 Å². The van der Waals surface area contributed by atoms with Crippen molar-refractivity contribution in [1.29, 1.82) is 0 Å². The number of rotatable bonds is 6. The molecule has 3 aromatic rings. The SMILES string of the molecule is C[SiH](C)OC(c1ccncc1)(c1ccc(C(=O)O)c(-c2ccccc2)c1)C(C)(C)C. The number of nitrogens with zero attached hydrogens (tertiary/aromatic N) is 1. The molecule has 0 saturated heterocycles. The Morgan fingerprint density at radius 3 is 2.10 bits per heavy atom. The van der Waals surface area contributed by atoms with Gasteiger partial charge in [0.1, 0.15) is 5.60 Å². The van der Waals surface area contributed by atoms with Gasteiger partial charge in [-0.1, -0.05) is 57.2 Å². The van der Waals surface area contributed by atoms with Crippen LogP contribution in [0.5, 0.6) is 0 Å². The summed E-state index contributed by atoms with van der Waals surface area (Å²) in [6.07, 6.45) is 3.57. The van der Waals surface area contributed by atoms with Gasteiger partial charge < -0.3 is 9.53 Å². The van der Waals surface area contributed by atoms with Crippen LogP contribution in [0.1, 0.15) is 42.3 Å². The van der Waals surface area contributed by atoms with Gasteiger partial charge in [-0.15, -0.1) is 0 Å². The summed E-state index contributed by atoms with van der Waals surface area (Å²) in [7, 11) is -1.49. The number of carboxylic acids is 1. The highest BCUT2D eigenvalue weighted by atomic mass is 28.3. The van der Waals surface area contributed by atoms with Gasteiger partial charge in [-0.25, -0.2) is 4.79 Å². The van der Waals surface area contributed by atoms with Crippen molar-refractivity contribution in [2.45, 2.75) is 39.5 Å². The van der Waals surface area contributed by atoms with Crippen LogP contribution in [0.25, 0.3) is 11.1 Å². The van der Waals surface area contributed by atoms with E-state index in [-0.39, 0.29) is 11.0 Å². The first-order chi connectivity index (χ1) is 14.2. The molecule has 1 N–H and O–H groups in total. The van der Waals surface area contributed by atoms with E-state index >= 15 is 0 Å². The van der Waals surface area contributed by atoms with E-state index in [1.54, 1.807) is 18.5 Å². The second-order valence-corrected chi connectivity index (χ2v) is 11.1. The van der Waals surface area contributed by atoms with Crippen LogP contribution in [-0.2, 0) is 10.0 Å². The van der Waals surface area contributed by atoms with E-state index in [9.17, 15) is 9.90 Å². The third-order valence-electron chi connectivity index (χ3n) is 5.30. The van der Waals surface area contributed by atoms with Crippen LogP contribution in [0.3, 0.4) is 0 Å². The van der Waals surface area contributed by atoms with Crippen molar-refractivity contribution < 1.29 is 14.3 Å². The topological polar surface area (TPSA) is 59.4 Å². The molecule has 0 aliphatic rings.